The number of hydrogen-bond acceptors (Lipinski definition) is 7. The van der Waals surface area contributed by atoms with Crippen LogP contribution in [-0.4, -0.2) is 48.3 Å². The number of carbonyl (C=O) groups is 1. The summed E-state index contributed by atoms with van der Waals surface area (Å²) >= 11 is 1.40. The standard InChI is InChI=1S/C26H26N4O4S2/c1-2-34-21-9-12-23-24(16-21)35-26(28-23)30(18-19-6-5-13-27-17-19)25(31)20-7-10-22(11-8-20)36(32,33)29-14-3-4-15-29/h5-13,16-17H,2-4,14-15,18H2,1H3. The van der Waals surface area contributed by atoms with Gasteiger partial charge in [0, 0.05) is 31.0 Å². The van der Waals surface area contributed by atoms with E-state index in [4.69, 9.17) is 9.72 Å². The van der Waals surface area contributed by atoms with E-state index >= 15 is 0 Å². The van der Waals surface area contributed by atoms with Gasteiger partial charge in [0.15, 0.2) is 5.13 Å². The van der Waals surface area contributed by atoms with E-state index < -0.39 is 10.0 Å². The molecule has 0 bridgehead atoms. The van der Waals surface area contributed by atoms with Gasteiger partial charge in [0.25, 0.3) is 5.91 Å². The summed E-state index contributed by atoms with van der Waals surface area (Å²) in [7, 11) is -3.55. The van der Waals surface area contributed by atoms with Gasteiger partial charge in [-0.2, -0.15) is 4.31 Å². The molecule has 8 nitrogen and oxygen atoms in total. The Kier molecular flexibility index (Phi) is 6.99. The average Bonchev–Trinajstić information content (AvgIpc) is 3.58. The highest BCUT2D eigenvalue weighted by atomic mass is 32.2. The number of pyridine rings is 1. The molecule has 5 rings (SSSR count). The van der Waals surface area contributed by atoms with Crippen LogP contribution >= 0.6 is 11.3 Å². The monoisotopic (exact) mass is 522 g/mol. The summed E-state index contributed by atoms with van der Waals surface area (Å²) in [5.74, 6) is 0.480. The largest absolute Gasteiger partial charge is 0.494 e. The minimum absolute atomic E-state index is 0.197. The number of carbonyl (C=O) groups excluding carboxylic acids is 1. The molecule has 0 atom stereocenters. The summed E-state index contributed by atoms with van der Waals surface area (Å²) in [5.41, 5.74) is 2.01. The smallest absolute Gasteiger partial charge is 0.260 e. The fourth-order valence-electron chi connectivity index (χ4n) is 4.17. The van der Waals surface area contributed by atoms with Crippen molar-refractivity contribution in [3.05, 3.63) is 78.1 Å². The lowest BCUT2D eigenvalue weighted by molar-refractivity contribution is 0.0985. The molecule has 0 aliphatic carbocycles. The minimum Gasteiger partial charge on any atom is -0.494 e. The molecule has 3 heterocycles. The maximum absolute atomic E-state index is 13.7. The molecule has 36 heavy (non-hydrogen) atoms. The summed E-state index contributed by atoms with van der Waals surface area (Å²) in [6.07, 6.45) is 5.13. The summed E-state index contributed by atoms with van der Waals surface area (Å²) in [5, 5.41) is 0.543. The van der Waals surface area contributed by atoms with E-state index in [1.54, 1.807) is 29.4 Å². The number of rotatable bonds is 8. The Morgan fingerprint density at radius 2 is 1.89 bits per heavy atom. The van der Waals surface area contributed by atoms with Crippen LogP contribution in [0.5, 0.6) is 5.75 Å². The molecule has 1 fully saturated rings. The number of sulfonamides is 1. The van der Waals surface area contributed by atoms with E-state index in [0.717, 1.165) is 34.4 Å². The van der Waals surface area contributed by atoms with Crippen molar-refractivity contribution in [1.29, 1.82) is 0 Å². The lowest BCUT2D eigenvalue weighted by Gasteiger charge is -2.20. The van der Waals surface area contributed by atoms with Crippen molar-refractivity contribution in [2.45, 2.75) is 31.2 Å². The number of fused-ring (bicyclic) bond motifs is 1. The van der Waals surface area contributed by atoms with Gasteiger partial charge in [0.1, 0.15) is 5.75 Å². The fourth-order valence-corrected chi connectivity index (χ4v) is 6.68. The molecule has 0 spiro atoms. The molecule has 0 N–H and O–H groups in total. The Hall–Kier alpha value is -3.34. The topological polar surface area (TPSA) is 92.7 Å². The zero-order valence-electron chi connectivity index (χ0n) is 19.8. The van der Waals surface area contributed by atoms with Crippen LogP contribution in [0.3, 0.4) is 0 Å². The molecule has 10 heteroatoms. The van der Waals surface area contributed by atoms with E-state index in [0.29, 0.717) is 30.4 Å². The number of amides is 1. The van der Waals surface area contributed by atoms with Crippen molar-refractivity contribution in [1.82, 2.24) is 14.3 Å². The Balaban J connectivity index is 1.47. The van der Waals surface area contributed by atoms with Crippen molar-refractivity contribution in [2.75, 3.05) is 24.6 Å². The zero-order chi connectivity index (χ0) is 25.1. The molecule has 2 aromatic heterocycles. The molecule has 186 valence electrons. The fraction of sp³-hybridized carbons (Fsp3) is 0.269. The second-order valence-corrected chi connectivity index (χ2v) is 11.4. The predicted octanol–water partition coefficient (Wildman–Crippen LogP) is 4.72. The Bertz CT molecular complexity index is 1470. The van der Waals surface area contributed by atoms with Crippen molar-refractivity contribution in [3.63, 3.8) is 0 Å². The van der Waals surface area contributed by atoms with Gasteiger partial charge >= 0.3 is 0 Å². The van der Waals surface area contributed by atoms with Crippen LogP contribution in [0, 0.1) is 0 Å². The van der Waals surface area contributed by atoms with Gasteiger partial charge in [-0.3, -0.25) is 14.7 Å². The lowest BCUT2D eigenvalue weighted by atomic mass is 10.2. The number of benzene rings is 2. The SMILES string of the molecule is CCOc1ccc2nc(N(Cc3cccnc3)C(=O)c3ccc(S(=O)(=O)N4CCCC4)cc3)sc2c1. The van der Waals surface area contributed by atoms with Crippen molar-refractivity contribution in [2.24, 2.45) is 0 Å². The van der Waals surface area contributed by atoms with E-state index in [-0.39, 0.29) is 17.3 Å². The summed E-state index contributed by atoms with van der Waals surface area (Å²) < 4.78 is 33.8. The third-order valence-corrected chi connectivity index (χ3v) is 8.96. The highest BCUT2D eigenvalue weighted by Gasteiger charge is 2.28. The first-order valence-electron chi connectivity index (χ1n) is 11.8. The Morgan fingerprint density at radius 1 is 1.11 bits per heavy atom. The molecule has 0 saturated carbocycles. The average molecular weight is 523 g/mol. The second-order valence-electron chi connectivity index (χ2n) is 8.45. The molecule has 1 saturated heterocycles. The van der Waals surface area contributed by atoms with Gasteiger partial charge in [-0.25, -0.2) is 13.4 Å². The van der Waals surface area contributed by atoms with E-state index in [1.807, 2.05) is 37.3 Å². The summed E-state index contributed by atoms with van der Waals surface area (Å²) in [6, 6.07) is 15.6. The molecule has 4 aromatic rings. The van der Waals surface area contributed by atoms with Gasteiger partial charge in [-0.1, -0.05) is 17.4 Å². The first kappa shape index (κ1) is 24.4. The third kappa shape index (κ3) is 4.97. The number of aromatic nitrogens is 2. The minimum atomic E-state index is -3.55. The summed E-state index contributed by atoms with van der Waals surface area (Å²) in [6.45, 7) is 3.83. The second kappa shape index (κ2) is 10.3. The number of thiazole rings is 1. The van der Waals surface area contributed by atoms with Gasteiger partial charge in [0.2, 0.25) is 10.0 Å². The van der Waals surface area contributed by atoms with Gasteiger partial charge in [-0.05, 0) is 73.9 Å². The molecule has 1 amide bonds. The van der Waals surface area contributed by atoms with E-state index in [2.05, 4.69) is 4.98 Å². The highest BCUT2D eigenvalue weighted by molar-refractivity contribution is 7.89. The Morgan fingerprint density at radius 3 is 2.58 bits per heavy atom. The van der Waals surface area contributed by atoms with Crippen molar-refractivity contribution >= 4 is 42.6 Å². The molecular weight excluding hydrogens is 496 g/mol. The van der Waals surface area contributed by atoms with Crippen LogP contribution in [-0.2, 0) is 16.6 Å². The van der Waals surface area contributed by atoms with Crippen LogP contribution in [0.1, 0.15) is 35.7 Å². The number of ether oxygens (including phenoxy) is 1. The lowest BCUT2D eigenvalue weighted by Crippen LogP contribution is -2.30. The molecule has 0 unspecified atom stereocenters. The normalized spacial score (nSPS) is 14.2. The number of hydrogen-bond donors (Lipinski definition) is 0. The molecular formula is C26H26N4O4S2. The third-order valence-electron chi connectivity index (χ3n) is 6.00. The quantitative estimate of drug-likeness (QED) is 0.332. The molecule has 0 radical (unpaired) electrons. The first-order valence-corrected chi connectivity index (χ1v) is 14.1. The van der Waals surface area contributed by atoms with Gasteiger partial charge in [-0.15, -0.1) is 0 Å². The maximum atomic E-state index is 13.7. The highest BCUT2D eigenvalue weighted by Crippen LogP contribution is 2.33. The van der Waals surface area contributed by atoms with Crippen LogP contribution in [0.25, 0.3) is 10.2 Å². The van der Waals surface area contributed by atoms with Crippen molar-refractivity contribution < 1.29 is 17.9 Å². The molecule has 1 aliphatic rings. The van der Waals surface area contributed by atoms with Gasteiger partial charge in [0.05, 0.1) is 28.3 Å². The number of nitrogens with zero attached hydrogens (tertiary/aromatic N) is 4. The predicted molar refractivity (Wildman–Crippen MR) is 140 cm³/mol. The van der Waals surface area contributed by atoms with E-state index in [1.165, 1.54) is 27.8 Å². The van der Waals surface area contributed by atoms with E-state index in [9.17, 15) is 13.2 Å². The zero-order valence-corrected chi connectivity index (χ0v) is 21.5. The summed E-state index contributed by atoms with van der Waals surface area (Å²) in [4.78, 5) is 24.4. The van der Waals surface area contributed by atoms with Crippen molar-refractivity contribution in [3.8, 4) is 5.75 Å². The Labute approximate surface area is 214 Å². The number of anilines is 1. The maximum Gasteiger partial charge on any atom is 0.260 e. The van der Waals surface area contributed by atoms with Crippen LogP contribution < -0.4 is 9.64 Å². The van der Waals surface area contributed by atoms with Crippen LogP contribution in [0.4, 0.5) is 5.13 Å². The molecule has 1 aliphatic heterocycles. The first-order chi connectivity index (χ1) is 17.5. The molecule has 2 aromatic carbocycles. The van der Waals surface area contributed by atoms with Gasteiger partial charge < -0.3 is 4.74 Å². The van der Waals surface area contributed by atoms with Crippen LogP contribution in [0.15, 0.2) is 71.9 Å². The van der Waals surface area contributed by atoms with Crippen LogP contribution in [0.2, 0.25) is 0 Å².